The Morgan fingerprint density at radius 1 is 1.00 bits per heavy atom. The van der Waals surface area contributed by atoms with E-state index in [0.29, 0.717) is 5.56 Å². The van der Waals surface area contributed by atoms with E-state index in [9.17, 15) is 9.59 Å². The molecule has 1 amide bonds. The molecule has 0 saturated carbocycles. The molecule has 6 nitrogen and oxygen atoms in total. The first-order chi connectivity index (χ1) is 13.8. The van der Waals surface area contributed by atoms with Crippen molar-refractivity contribution in [3.05, 3.63) is 76.6 Å². The van der Waals surface area contributed by atoms with Crippen LogP contribution in [0.15, 0.2) is 48.7 Å². The highest BCUT2D eigenvalue weighted by molar-refractivity contribution is 5.98. The molecule has 1 aromatic heterocycles. The lowest BCUT2D eigenvalue weighted by Crippen LogP contribution is -2.30. The Morgan fingerprint density at radius 2 is 1.62 bits per heavy atom. The molecule has 0 aliphatic heterocycles. The molecule has 1 unspecified atom stereocenters. The van der Waals surface area contributed by atoms with Crippen LogP contribution < -0.4 is 5.32 Å². The number of benzene rings is 2. The standard InChI is InChI=1S/C23H25N3O3/c1-14-12-15(2)21(16(3)13-14)25-22(27)18(5)29-23(28)19-6-8-20(9-7-19)26-17(4)10-11-24-26/h6-13,18H,1-5H3,(H,25,27). The third kappa shape index (κ3) is 4.54. The summed E-state index contributed by atoms with van der Waals surface area (Å²) in [6.07, 6.45) is 0.797. The molecule has 0 fully saturated rings. The van der Waals surface area contributed by atoms with Crippen molar-refractivity contribution in [2.24, 2.45) is 0 Å². The van der Waals surface area contributed by atoms with Gasteiger partial charge in [-0.15, -0.1) is 0 Å². The van der Waals surface area contributed by atoms with Gasteiger partial charge < -0.3 is 10.1 Å². The van der Waals surface area contributed by atoms with Gasteiger partial charge in [-0.05, 0) is 76.1 Å². The molecule has 1 atom stereocenters. The van der Waals surface area contributed by atoms with Crippen molar-refractivity contribution in [2.45, 2.75) is 40.7 Å². The van der Waals surface area contributed by atoms with E-state index < -0.39 is 12.1 Å². The van der Waals surface area contributed by atoms with Gasteiger partial charge in [0.25, 0.3) is 5.91 Å². The minimum Gasteiger partial charge on any atom is -0.449 e. The molecule has 0 radical (unpaired) electrons. The smallest absolute Gasteiger partial charge is 0.338 e. The van der Waals surface area contributed by atoms with Crippen molar-refractivity contribution in [3.63, 3.8) is 0 Å². The SMILES string of the molecule is Cc1cc(C)c(NC(=O)C(C)OC(=O)c2ccc(-n3nccc3C)cc2)c(C)c1. The number of carbonyl (C=O) groups excluding carboxylic acids is 2. The van der Waals surface area contributed by atoms with E-state index >= 15 is 0 Å². The number of nitrogens with one attached hydrogen (secondary N) is 1. The highest BCUT2D eigenvalue weighted by atomic mass is 16.5. The average Bonchev–Trinajstić information content (AvgIpc) is 3.10. The van der Waals surface area contributed by atoms with Gasteiger partial charge in [-0.3, -0.25) is 4.79 Å². The van der Waals surface area contributed by atoms with Crippen LogP contribution in [0.25, 0.3) is 5.69 Å². The highest BCUT2D eigenvalue weighted by Gasteiger charge is 2.20. The molecular weight excluding hydrogens is 366 g/mol. The van der Waals surface area contributed by atoms with Crippen LogP contribution in [-0.4, -0.2) is 27.8 Å². The van der Waals surface area contributed by atoms with E-state index in [1.807, 2.05) is 45.9 Å². The van der Waals surface area contributed by atoms with Gasteiger partial charge in [0.1, 0.15) is 0 Å². The Balaban J connectivity index is 1.66. The third-order valence-corrected chi connectivity index (χ3v) is 4.76. The summed E-state index contributed by atoms with van der Waals surface area (Å²) in [7, 11) is 0. The summed E-state index contributed by atoms with van der Waals surface area (Å²) in [5, 5.41) is 7.11. The number of hydrogen-bond donors (Lipinski definition) is 1. The van der Waals surface area contributed by atoms with Gasteiger partial charge in [0.15, 0.2) is 6.10 Å². The van der Waals surface area contributed by atoms with Crippen molar-refractivity contribution in [2.75, 3.05) is 5.32 Å². The maximum Gasteiger partial charge on any atom is 0.338 e. The summed E-state index contributed by atoms with van der Waals surface area (Å²) in [5.41, 5.74) is 6.04. The van der Waals surface area contributed by atoms with Gasteiger partial charge in [-0.2, -0.15) is 5.10 Å². The van der Waals surface area contributed by atoms with Crippen LogP contribution in [0.5, 0.6) is 0 Å². The average molecular weight is 391 g/mol. The molecule has 2 aromatic carbocycles. The first kappa shape index (κ1) is 20.3. The van der Waals surface area contributed by atoms with Crippen molar-refractivity contribution in [1.29, 1.82) is 0 Å². The summed E-state index contributed by atoms with van der Waals surface area (Å²) in [4.78, 5) is 24.9. The molecule has 3 rings (SSSR count). The fourth-order valence-electron chi connectivity index (χ4n) is 3.26. The summed E-state index contributed by atoms with van der Waals surface area (Å²) >= 11 is 0. The molecule has 0 aliphatic rings. The Hall–Kier alpha value is -3.41. The third-order valence-electron chi connectivity index (χ3n) is 4.76. The zero-order chi connectivity index (χ0) is 21.1. The monoisotopic (exact) mass is 391 g/mol. The normalized spacial score (nSPS) is 11.8. The van der Waals surface area contributed by atoms with Gasteiger partial charge in [0, 0.05) is 17.6 Å². The molecule has 6 heteroatoms. The van der Waals surface area contributed by atoms with E-state index in [1.54, 1.807) is 42.1 Å². The minimum absolute atomic E-state index is 0.364. The van der Waals surface area contributed by atoms with Crippen LogP contribution in [-0.2, 0) is 9.53 Å². The van der Waals surface area contributed by atoms with Gasteiger partial charge in [0.2, 0.25) is 0 Å². The Kier molecular flexibility index (Phi) is 5.82. The maximum absolute atomic E-state index is 12.5. The molecular formula is C23H25N3O3. The van der Waals surface area contributed by atoms with Crippen molar-refractivity contribution < 1.29 is 14.3 Å². The van der Waals surface area contributed by atoms with Crippen LogP contribution in [0.4, 0.5) is 5.69 Å². The molecule has 29 heavy (non-hydrogen) atoms. The maximum atomic E-state index is 12.5. The quantitative estimate of drug-likeness (QED) is 0.659. The van der Waals surface area contributed by atoms with E-state index in [1.165, 1.54) is 0 Å². The van der Waals surface area contributed by atoms with Crippen LogP contribution in [0.3, 0.4) is 0 Å². The number of nitrogens with zero attached hydrogens (tertiary/aromatic N) is 2. The number of aromatic nitrogens is 2. The first-order valence-corrected chi connectivity index (χ1v) is 9.47. The molecule has 1 heterocycles. The summed E-state index contributed by atoms with van der Waals surface area (Å²) in [5.74, 6) is -0.911. The van der Waals surface area contributed by atoms with Crippen molar-refractivity contribution >= 4 is 17.6 Å². The second-order valence-electron chi connectivity index (χ2n) is 7.24. The predicted molar refractivity (Wildman–Crippen MR) is 112 cm³/mol. The fourth-order valence-corrected chi connectivity index (χ4v) is 3.26. The van der Waals surface area contributed by atoms with Crippen LogP contribution in [0.2, 0.25) is 0 Å². The number of amides is 1. The second-order valence-corrected chi connectivity index (χ2v) is 7.24. The van der Waals surface area contributed by atoms with Gasteiger partial charge in [0.05, 0.1) is 11.3 Å². The number of rotatable bonds is 5. The Labute approximate surface area is 170 Å². The number of aryl methyl sites for hydroxylation is 4. The van der Waals surface area contributed by atoms with Crippen LogP contribution in [0, 0.1) is 27.7 Å². The van der Waals surface area contributed by atoms with Gasteiger partial charge in [-0.25, -0.2) is 9.48 Å². The lowest BCUT2D eigenvalue weighted by molar-refractivity contribution is -0.123. The summed E-state index contributed by atoms with van der Waals surface area (Å²) < 4.78 is 7.13. The fraction of sp³-hybridized carbons (Fsp3) is 0.261. The topological polar surface area (TPSA) is 73.2 Å². The number of hydrogen-bond acceptors (Lipinski definition) is 4. The van der Waals surface area contributed by atoms with Crippen LogP contribution in [0.1, 0.15) is 39.7 Å². The molecule has 0 bridgehead atoms. The summed E-state index contributed by atoms with van der Waals surface area (Å²) in [6.45, 7) is 9.40. The van der Waals surface area contributed by atoms with E-state index in [2.05, 4.69) is 10.4 Å². The minimum atomic E-state index is -0.921. The molecule has 1 N–H and O–H groups in total. The predicted octanol–water partition coefficient (Wildman–Crippen LogP) is 4.29. The van der Waals surface area contributed by atoms with Crippen molar-refractivity contribution in [1.82, 2.24) is 9.78 Å². The lowest BCUT2D eigenvalue weighted by Gasteiger charge is -2.17. The van der Waals surface area contributed by atoms with E-state index in [4.69, 9.17) is 4.74 Å². The number of esters is 1. The zero-order valence-electron chi connectivity index (χ0n) is 17.3. The molecule has 0 saturated heterocycles. The number of anilines is 1. The van der Waals surface area contributed by atoms with Crippen molar-refractivity contribution in [3.8, 4) is 5.69 Å². The summed E-state index contributed by atoms with van der Waals surface area (Å²) in [6, 6.07) is 12.8. The Morgan fingerprint density at radius 3 is 2.17 bits per heavy atom. The molecule has 0 spiro atoms. The molecule has 0 aliphatic carbocycles. The lowest BCUT2D eigenvalue weighted by atomic mass is 10.0. The number of ether oxygens (including phenoxy) is 1. The zero-order valence-corrected chi connectivity index (χ0v) is 17.3. The number of carbonyl (C=O) groups is 2. The van der Waals surface area contributed by atoms with E-state index in [-0.39, 0.29) is 5.91 Å². The second kappa shape index (κ2) is 8.31. The highest BCUT2D eigenvalue weighted by Crippen LogP contribution is 2.22. The van der Waals surface area contributed by atoms with E-state index in [0.717, 1.165) is 33.8 Å². The largest absolute Gasteiger partial charge is 0.449 e. The van der Waals surface area contributed by atoms with Gasteiger partial charge >= 0.3 is 5.97 Å². The molecule has 150 valence electrons. The first-order valence-electron chi connectivity index (χ1n) is 9.47. The molecule has 3 aromatic rings. The van der Waals surface area contributed by atoms with Crippen LogP contribution >= 0.6 is 0 Å². The Bertz CT molecular complexity index is 1030. The van der Waals surface area contributed by atoms with Gasteiger partial charge in [-0.1, -0.05) is 17.7 Å².